The van der Waals surface area contributed by atoms with Gasteiger partial charge in [0.1, 0.15) is 17.8 Å². The maximum atomic E-state index is 14.6. The molecule has 1 aromatic carbocycles. The van der Waals surface area contributed by atoms with Crippen LogP contribution >= 0.6 is 0 Å². The average Bonchev–Trinajstić information content (AvgIpc) is 2.53. The summed E-state index contributed by atoms with van der Waals surface area (Å²) in [6.07, 6.45) is 8.55. The van der Waals surface area contributed by atoms with Gasteiger partial charge in [-0.2, -0.15) is 0 Å². The molecule has 0 nitrogen and oxygen atoms in total. The molecule has 0 N–H and O–H groups in total. The van der Waals surface area contributed by atoms with Gasteiger partial charge >= 0.3 is 0 Å². The Labute approximate surface area is 134 Å². The van der Waals surface area contributed by atoms with Gasteiger partial charge in [-0.05, 0) is 61.1 Å². The van der Waals surface area contributed by atoms with Crippen molar-refractivity contribution in [2.45, 2.75) is 39.3 Å². The van der Waals surface area contributed by atoms with Gasteiger partial charge in [0.25, 0.3) is 0 Å². The molecular weight excluding hydrogens is 297 g/mol. The van der Waals surface area contributed by atoms with Crippen LogP contribution in [0.4, 0.5) is 13.2 Å². The third-order valence-electron chi connectivity index (χ3n) is 4.59. The molecule has 0 spiro atoms. The molecule has 0 radical (unpaired) electrons. The zero-order chi connectivity index (χ0) is 16.6. The maximum absolute atomic E-state index is 14.6. The molecule has 0 amide bonds. The Kier molecular flexibility index (Phi) is 4.29. The summed E-state index contributed by atoms with van der Waals surface area (Å²) < 4.78 is 42.0. The second-order valence-corrected chi connectivity index (χ2v) is 6.26. The minimum atomic E-state index is -1.25. The van der Waals surface area contributed by atoms with Crippen LogP contribution in [0.15, 0.2) is 53.2 Å². The van der Waals surface area contributed by atoms with E-state index in [0.29, 0.717) is 5.57 Å². The fourth-order valence-corrected chi connectivity index (χ4v) is 3.00. The van der Waals surface area contributed by atoms with E-state index in [1.54, 1.807) is 6.08 Å². The molecule has 0 heterocycles. The van der Waals surface area contributed by atoms with E-state index in [-0.39, 0.29) is 17.5 Å². The van der Waals surface area contributed by atoms with Gasteiger partial charge in [0.05, 0.1) is 0 Å². The smallest absolute Gasteiger partial charge is 0.130 e. The minimum Gasteiger partial charge on any atom is -0.242 e. The summed E-state index contributed by atoms with van der Waals surface area (Å²) in [6.45, 7) is 3.46. The van der Waals surface area contributed by atoms with Crippen molar-refractivity contribution in [1.82, 2.24) is 0 Å². The van der Waals surface area contributed by atoms with Crippen LogP contribution in [0.3, 0.4) is 0 Å². The van der Waals surface area contributed by atoms with Crippen molar-refractivity contribution in [1.29, 1.82) is 0 Å². The van der Waals surface area contributed by atoms with E-state index in [0.717, 1.165) is 24.0 Å². The molecule has 2 aliphatic carbocycles. The van der Waals surface area contributed by atoms with Crippen LogP contribution in [0.1, 0.15) is 37.3 Å². The SMILES string of the molecule is CC1=CC=C(C2=CC=C(c3cc(F)c(C)c(F)c3)C(F)C2)CC1. The van der Waals surface area contributed by atoms with Crippen molar-refractivity contribution < 1.29 is 13.2 Å². The van der Waals surface area contributed by atoms with Gasteiger partial charge in [0, 0.05) is 12.0 Å². The first-order valence-electron chi connectivity index (χ1n) is 7.83. The van der Waals surface area contributed by atoms with Crippen molar-refractivity contribution >= 4 is 5.57 Å². The van der Waals surface area contributed by atoms with E-state index in [4.69, 9.17) is 0 Å². The summed E-state index contributed by atoms with van der Waals surface area (Å²) in [6, 6.07) is 2.42. The van der Waals surface area contributed by atoms with Crippen LogP contribution in [-0.4, -0.2) is 6.17 Å². The third-order valence-corrected chi connectivity index (χ3v) is 4.59. The van der Waals surface area contributed by atoms with Gasteiger partial charge in [0.2, 0.25) is 0 Å². The predicted molar refractivity (Wildman–Crippen MR) is 87.7 cm³/mol. The second kappa shape index (κ2) is 6.23. The number of benzene rings is 1. The first-order chi connectivity index (χ1) is 11.0. The Morgan fingerprint density at radius 3 is 2.09 bits per heavy atom. The highest BCUT2D eigenvalue weighted by Gasteiger charge is 2.23. The van der Waals surface area contributed by atoms with Gasteiger partial charge < -0.3 is 0 Å². The van der Waals surface area contributed by atoms with Crippen LogP contribution < -0.4 is 0 Å². The van der Waals surface area contributed by atoms with Crippen molar-refractivity contribution in [2.24, 2.45) is 0 Å². The largest absolute Gasteiger partial charge is 0.242 e. The van der Waals surface area contributed by atoms with E-state index in [2.05, 4.69) is 13.0 Å². The summed E-state index contributed by atoms with van der Waals surface area (Å²) in [5.74, 6) is -1.28. The Bertz CT molecular complexity index is 740. The molecule has 3 heteroatoms. The monoisotopic (exact) mass is 316 g/mol. The van der Waals surface area contributed by atoms with Gasteiger partial charge in [-0.15, -0.1) is 0 Å². The highest BCUT2D eigenvalue weighted by Crippen LogP contribution is 2.36. The predicted octanol–water partition coefficient (Wildman–Crippen LogP) is 5.99. The molecule has 0 aromatic heterocycles. The number of rotatable bonds is 2. The van der Waals surface area contributed by atoms with Crippen molar-refractivity contribution in [3.8, 4) is 0 Å². The molecule has 0 bridgehead atoms. The molecule has 1 aromatic rings. The zero-order valence-electron chi connectivity index (χ0n) is 13.3. The van der Waals surface area contributed by atoms with E-state index >= 15 is 0 Å². The lowest BCUT2D eigenvalue weighted by atomic mass is 9.85. The van der Waals surface area contributed by atoms with Crippen LogP contribution in [0, 0.1) is 18.6 Å². The Hall–Kier alpha value is -2.03. The summed E-state index contributed by atoms with van der Waals surface area (Å²) >= 11 is 0. The standard InChI is InChI=1S/C20H19F3/c1-12-3-5-14(6-4-12)15-7-8-17(20(23)9-15)16-10-18(21)13(2)19(22)11-16/h3,5,7-8,10-11,20H,4,6,9H2,1-2H3. The van der Waals surface area contributed by atoms with Crippen LogP contribution in [0.5, 0.6) is 0 Å². The molecule has 23 heavy (non-hydrogen) atoms. The number of hydrogen-bond acceptors (Lipinski definition) is 0. The molecule has 0 aliphatic heterocycles. The first-order valence-corrected chi connectivity index (χ1v) is 7.83. The Morgan fingerprint density at radius 2 is 1.52 bits per heavy atom. The Balaban J connectivity index is 1.93. The lowest BCUT2D eigenvalue weighted by Gasteiger charge is -2.23. The van der Waals surface area contributed by atoms with Crippen LogP contribution in [0.2, 0.25) is 0 Å². The van der Waals surface area contributed by atoms with E-state index in [9.17, 15) is 13.2 Å². The van der Waals surface area contributed by atoms with E-state index in [1.807, 2.05) is 12.2 Å². The van der Waals surface area contributed by atoms with E-state index < -0.39 is 17.8 Å². The fourth-order valence-electron chi connectivity index (χ4n) is 3.00. The van der Waals surface area contributed by atoms with Gasteiger partial charge in [-0.1, -0.05) is 29.9 Å². The lowest BCUT2D eigenvalue weighted by molar-refractivity contribution is 0.407. The molecule has 1 atom stereocenters. The van der Waals surface area contributed by atoms with Crippen LogP contribution in [-0.2, 0) is 0 Å². The van der Waals surface area contributed by atoms with Gasteiger partial charge in [-0.25, -0.2) is 13.2 Å². The Morgan fingerprint density at radius 1 is 0.870 bits per heavy atom. The first kappa shape index (κ1) is 15.9. The summed E-state index contributed by atoms with van der Waals surface area (Å²) in [4.78, 5) is 0. The van der Waals surface area contributed by atoms with Crippen molar-refractivity contribution in [2.75, 3.05) is 0 Å². The summed E-state index contributed by atoms with van der Waals surface area (Å²) in [5.41, 5.74) is 4.03. The molecule has 1 unspecified atom stereocenters. The average molecular weight is 316 g/mol. The highest BCUT2D eigenvalue weighted by molar-refractivity contribution is 5.73. The number of allylic oxidation sites excluding steroid dienone is 8. The number of alkyl halides is 1. The summed E-state index contributed by atoms with van der Waals surface area (Å²) in [5, 5.41) is 0. The molecular formula is C20H19F3. The molecule has 0 saturated heterocycles. The lowest BCUT2D eigenvalue weighted by Crippen LogP contribution is -2.11. The second-order valence-electron chi connectivity index (χ2n) is 6.26. The summed E-state index contributed by atoms with van der Waals surface area (Å²) in [7, 11) is 0. The van der Waals surface area contributed by atoms with Gasteiger partial charge in [0.15, 0.2) is 0 Å². The van der Waals surface area contributed by atoms with Crippen LogP contribution in [0.25, 0.3) is 5.57 Å². The fraction of sp³-hybridized carbons (Fsp3) is 0.300. The molecule has 2 aliphatic rings. The van der Waals surface area contributed by atoms with Gasteiger partial charge in [-0.3, -0.25) is 0 Å². The topological polar surface area (TPSA) is 0 Å². The van der Waals surface area contributed by atoms with Crippen molar-refractivity contribution in [3.05, 3.63) is 75.9 Å². The van der Waals surface area contributed by atoms with E-state index in [1.165, 1.54) is 24.6 Å². The third kappa shape index (κ3) is 3.19. The molecule has 0 fully saturated rings. The normalized spacial score (nSPS) is 21.3. The molecule has 0 saturated carbocycles. The quantitative estimate of drug-likeness (QED) is 0.628. The number of hydrogen-bond donors (Lipinski definition) is 0. The highest BCUT2D eigenvalue weighted by atomic mass is 19.1. The zero-order valence-corrected chi connectivity index (χ0v) is 13.3. The molecule has 3 rings (SSSR count). The minimum absolute atomic E-state index is 0.0358. The molecule has 120 valence electrons. The maximum Gasteiger partial charge on any atom is 0.130 e. The number of halogens is 3. The van der Waals surface area contributed by atoms with Crippen molar-refractivity contribution in [3.63, 3.8) is 0 Å².